The largest absolute Gasteiger partial charge is 0.311 e. The minimum atomic E-state index is -0.0460. The van der Waals surface area contributed by atoms with E-state index in [0.717, 1.165) is 38.2 Å². The van der Waals surface area contributed by atoms with Gasteiger partial charge in [-0.15, -0.1) is 0 Å². The average Bonchev–Trinajstić information content (AvgIpc) is 2.84. The summed E-state index contributed by atoms with van der Waals surface area (Å²) in [7, 11) is 1.94. The van der Waals surface area contributed by atoms with E-state index >= 15 is 0 Å². The van der Waals surface area contributed by atoms with Crippen LogP contribution in [0.5, 0.6) is 0 Å². The smallest absolute Gasteiger partial charge is 0.251 e. The fourth-order valence-corrected chi connectivity index (χ4v) is 3.01. The molecule has 0 radical (unpaired) electrons. The van der Waals surface area contributed by atoms with Crippen LogP contribution in [0, 0.1) is 6.92 Å². The van der Waals surface area contributed by atoms with Crippen molar-refractivity contribution in [2.45, 2.75) is 32.2 Å². The van der Waals surface area contributed by atoms with E-state index in [2.05, 4.69) is 26.2 Å². The first-order chi connectivity index (χ1) is 10.1. The third-order valence-corrected chi connectivity index (χ3v) is 4.05. The maximum absolute atomic E-state index is 11.5. The van der Waals surface area contributed by atoms with Crippen LogP contribution in [0.4, 0.5) is 0 Å². The van der Waals surface area contributed by atoms with Crippen molar-refractivity contribution in [3.63, 3.8) is 0 Å². The zero-order valence-corrected chi connectivity index (χ0v) is 12.5. The van der Waals surface area contributed by atoms with E-state index in [9.17, 15) is 4.79 Å². The van der Waals surface area contributed by atoms with Gasteiger partial charge >= 0.3 is 0 Å². The van der Waals surface area contributed by atoms with Crippen molar-refractivity contribution in [1.82, 2.24) is 24.6 Å². The number of H-pyrrole nitrogens is 1. The highest BCUT2D eigenvalue weighted by Crippen LogP contribution is 2.26. The number of rotatable bonds is 3. The number of hydrogen-bond donors (Lipinski definition) is 1. The van der Waals surface area contributed by atoms with Crippen LogP contribution in [-0.4, -0.2) is 37.7 Å². The van der Waals surface area contributed by atoms with E-state index in [-0.39, 0.29) is 5.56 Å². The summed E-state index contributed by atoms with van der Waals surface area (Å²) in [4.78, 5) is 21.2. The molecule has 1 aliphatic rings. The van der Waals surface area contributed by atoms with Gasteiger partial charge in [-0.05, 0) is 32.9 Å². The normalized spacial score (nSPS) is 17.2. The van der Waals surface area contributed by atoms with Gasteiger partial charge in [-0.1, -0.05) is 0 Å². The number of nitrogens with one attached hydrogen (secondary N) is 1. The van der Waals surface area contributed by atoms with E-state index in [4.69, 9.17) is 0 Å². The molecule has 3 heterocycles. The predicted octanol–water partition coefficient (Wildman–Crippen LogP) is 1.19. The van der Waals surface area contributed by atoms with Crippen LogP contribution in [0.3, 0.4) is 0 Å². The Morgan fingerprint density at radius 2 is 2.14 bits per heavy atom. The highest BCUT2D eigenvalue weighted by atomic mass is 16.1. The molecule has 1 aliphatic heterocycles. The number of nitrogens with zero attached hydrogens (tertiary/aromatic N) is 4. The van der Waals surface area contributed by atoms with Crippen molar-refractivity contribution in [3.05, 3.63) is 45.9 Å². The van der Waals surface area contributed by atoms with Gasteiger partial charge in [0.2, 0.25) is 0 Å². The van der Waals surface area contributed by atoms with Crippen LogP contribution in [0.2, 0.25) is 0 Å². The quantitative estimate of drug-likeness (QED) is 0.921. The Morgan fingerprint density at radius 1 is 1.38 bits per heavy atom. The first-order valence-electron chi connectivity index (χ1n) is 7.38. The maximum atomic E-state index is 11.5. The van der Waals surface area contributed by atoms with E-state index < -0.39 is 0 Å². The summed E-state index contributed by atoms with van der Waals surface area (Å²) >= 11 is 0. The summed E-state index contributed by atoms with van der Waals surface area (Å²) in [5, 5.41) is 4.21. The van der Waals surface area contributed by atoms with Gasteiger partial charge < -0.3 is 4.98 Å². The van der Waals surface area contributed by atoms with Crippen molar-refractivity contribution in [2.24, 2.45) is 7.05 Å². The fraction of sp³-hybridized carbons (Fsp3) is 0.533. The molecule has 0 saturated carbocycles. The van der Waals surface area contributed by atoms with Gasteiger partial charge in [0.15, 0.2) is 0 Å². The Kier molecular flexibility index (Phi) is 3.88. The van der Waals surface area contributed by atoms with Crippen LogP contribution >= 0.6 is 0 Å². The molecule has 3 rings (SSSR count). The highest BCUT2D eigenvalue weighted by molar-refractivity contribution is 5.10. The lowest BCUT2D eigenvalue weighted by Gasteiger charge is -2.31. The predicted molar refractivity (Wildman–Crippen MR) is 80.1 cm³/mol. The third-order valence-electron chi connectivity index (χ3n) is 4.05. The number of piperidine rings is 1. The molecule has 112 valence electrons. The van der Waals surface area contributed by atoms with Crippen LogP contribution in [0.15, 0.2) is 23.3 Å². The Bertz CT molecular complexity index is 667. The fourth-order valence-electron chi connectivity index (χ4n) is 3.01. The molecule has 0 spiro atoms. The Hall–Kier alpha value is -1.95. The second-order valence-electron chi connectivity index (χ2n) is 5.83. The standard InChI is InChI=1S/C15H21N5O/c1-11-17-14(7-15(21)18-11)13-3-5-20(6-4-13)10-12-8-16-19(2)9-12/h7-9,13H,3-6,10H2,1-2H3,(H,17,18,21). The summed E-state index contributed by atoms with van der Waals surface area (Å²) in [6.07, 6.45) is 6.09. The molecular weight excluding hydrogens is 266 g/mol. The number of aromatic amines is 1. The van der Waals surface area contributed by atoms with Gasteiger partial charge in [-0.3, -0.25) is 14.4 Å². The zero-order valence-electron chi connectivity index (χ0n) is 12.5. The molecule has 6 heteroatoms. The van der Waals surface area contributed by atoms with Gasteiger partial charge in [0, 0.05) is 37.3 Å². The topological polar surface area (TPSA) is 66.8 Å². The molecule has 0 amide bonds. The average molecular weight is 287 g/mol. The van der Waals surface area contributed by atoms with Gasteiger partial charge in [0.1, 0.15) is 5.82 Å². The molecule has 1 N–H and O–H groups in total. The lowest BCUT2D eigenvalue weighted by Crippen LogP contribution is -2.33. The Labute approximate surface area is 123 Å². The second kappa shape index (κ2) is 5.81. The number of aryl methyl sites for hydroxylation is 2. The molecule has 21 heavy (non-hydrogen) atoms. The number of likely N-dealkylation sites (tertiary alicyclic amines) is 1. The molecule has 0 bridgehead atoms. The van der Waals surface area contributed by atoms with E-state index in [0.29, 0.717) is 11.7 Å². The number of aromatic nitrogens is 4. The third kappa shape index (κ3) is 3.39. The monoisotopic (exact) mass is 287 g/mol. The van der Waals surface area contributed by atoms with Crippen molar-refractivity contribution < 1.29 is 0 Å². The SMILES string of the molecule is Cc1nc(C2CCN(Cc3cnn(C)c3)CC2)cc(=O)[nH]1. The molecular formula is C15H21N5O. The molecule has 0 atom stereocenters. The summed E-state index contributed by atoms with van der Waals surface area (Å²) in [5.74, 6) is 1.10. The van der Waals surface area contributed by atoms with E-state index in [1.807, 2.05) is 24.9 Å². The molecule has 1 fully saturated rings. The lowest BCUT2D eigenvalue weighted by molar-refractivity contribution is 0.203. The van der Waals surface area contributed by atoms with Crippen molar-refractivity contribution in [1.29, 1.82) is 0 Å². The molecule has 2 aromatic heterocycles. The van der Waals surface area contributed by atoms with Gasteiger partial charge in [-0.25, -0.2) is 4.98 Å². The zero-order chi connectivity index (χ0) is 14.8. The minimum Gasteiger partial charge on any atom is -0.311 e. The maximum Gasteiger partial charge on any atom is 0.251 e. The molecule has 0 unspecified atom stereocenters. The summed E-state index contributed by atoms with van der Waals surface area (Å²) in [6, 6.07) is 1.65. The van der Waals surface area contributed by atoms with Crippen LogP contribution in [0.1, 0.15) is 35.8 Å². The van der Waals surface area contributed by atoms with E-state index in [1.54, 1.807) is 6.07 Å². The highest BCUT2D eigenvalue weighted by Gasteiger charge is 2.22. The van der Waals surface area contributed by atoms with Crippen molar-refractivity contribution in [2.75, 3.05) is 13.1 Å². The second-order valence-corrected chi connectivity index (χ2v) is 5.83. The summed E-state index contributed by atoms with van der Waals surface area (Å²) in [6.45, 7) is 4.85. The first kappa shape index (κ1) is 14.0. The van der Waals surface area contributed by atoms with Crippen molar-refractivity contribution in [3.8, 4) is 0 Å². The Morgan fingerprint density at radius 3 is 2.76 bits per heavy atom. The van der Waals surface area contributed by atoms with Gasteiger partial charge in [0.05, 0.1) is 11.9 Å². The summed E-state index contributed by atoms with van der Waals surface area (Å²) in [5.41, 5.74) is 2.15. The number of hydrogen-bond acceptors (Lipinski definition) is 4. The van der Waals surface area contributed by atoms with Crippen LogP contribution in [0.25, 0.3) is 0 Å². The van der Waals surface area contributed by atoms with E-state index in [1.165, 1.54) is 5.56 Å². The minimum absolute atomic E-state index is 0.0460. The van der Waals surface area contributed by atoms with Crippen LogP contribution in [-0.2, 0) is 13.6 Å². The van der Waals surface area contributed by atoms with Gasteiger partial charge in [0.25, 0.3) is 5.56 Å². The molecule has 0 aromatic carbocycles. The van der Waals surface area contributed by atoms with Crippen molar-refractivity contribution >= 4 is 0 Å². The molecule has 6 nitrogen and oxygen atoms in total. The summed E-state index contributed by atoms with van der Waals surface area (Å²) < 4.78 is 1.84. The Balaban J connectivity index is 1.61. The first-order valence-corrected chi connectivity index (χ1v) is 7.38. The molecule has 2 aromatic rings. The molecule has 1 saturated heterocycles. The van der Waals surface area contributed by atoms with Crippen LogP contribution < -0.4 is 5.56 Å². The van der Waals surface area contributed by atoms with Gasteiger partial charge in [-0.2, -0.15) is 5.10 Å². The molecule has 0 aliphatic carbocycles. The lowest BCUT2D eigenvalue weighted by atomic mass is 9.93.